The van der Waals surface area contributed by atoms with Crippen LogP contribution in [-0.2, 0) is 4.74 Å². The Bertz CT molecular complexity index is 378. The van der Waals surface area contributed by atoms with Gasteiger partial charge in [-0.1, -0.05) is 12.1 Å². The topological polar surface area (TPSA) is 32.7 Å². The molecule has 3 rings (SSSR count). The Morgan fingerprint density at radius 1 is 1.18 bits per heavy atom. The molecule has 3 unspecified atom stereocenters. The van der Waals surface area contributed by atoms with Crippen molar-refractivity contribution in [1.82, 2.24) is 4.90 Å². The van der Waals surface area contributed by atoms with E-state index in [1.54, 1.807) is 12.1 Å². The molecule has 2 saturated heterocycles. The zero-order valence-corrected chi connectivity index (χ0v) is 10.2. The molecular weight excluding hydrogens is 214 g/mol. The van der Waals surface area contributed by atoms with E-state index >= 15 is 0 Å². The first-order valence-corrected chi connectivity index (χ1v) is 6.41. The Hall–Kier alpha value is -1.06. The fourth-order valence-corrected chi connectivity index (χ4v) is 2.93. The number of nitrogens with zero attached hydrogens (tertiary/aromatic N) is 1. The van der Waals surface area contributed by atoms with Crippen LogP contribution in [0.15, 0.2) is 24.3 Å². The molecule has 92 valence electrons. The highest BCUT2D eigenvalue weighted by atomic mass is 16.5. The van der Waals surface area contributed by atoms with E-state index in [0.717, 1.165) is 13.1 Å². The molecule has 2 fully saturated rings. The lowest BCUT2D eigenvalue weighted by molar-refractivity contribution is -0.0509. The first-order valence-electron chi connectivity index (χ1n) is 6.41. The van der Waals surface area contributed by atoms with Gasteiger partial charge in [-0.05, 0) is 37.5 Å². The molecule has 1 aromatic carbocycles. The molecule has 2 aliphatic heterocycles. The molecule has 2 heterocycles. The number of benzene rings is 1. The van der Waals surface area contributed by atoms with Crippen molar-refractivity contribution < 1.29 is 9.84 Å². The zero-order valence-electron chi connectivity index (χ0n) is 10.2. The second-order valence-electron chi connectivity index (χ2n) is 5.18. The average molecular weight is 233 g/mol. The van der Waals surface area contributed by atoms with Crippen LogP contribution in [0.4, 0.5) is 0 Å². The molecule has 0 saturated carbocycles. The Morgan fingerprint density at radius 2 is 1.76 bits per heavy atom. The highest BCUT2D eigenvalue weighted by Crippen LogP contribution is 2.31. The Labute approximate surface area is 102 Å². The van der Waals surface area contributed by atoms with Crippen molar-refractivity contribution in [2.24, 2.45) is 0 Å². The van der Waals surface area contributed by atoms with E-state index in [1.165, 1.54) is 18.4 Å². The van der Waals surface area contributed by atoms with E-state index in [9.17, 15) is 5.11 Å². The normalized spacial score (nSPS) is 30.4. The van der Waals surface area contributed by atoms with Gasteiger partial charge in [-0.15, -0.1) is 0 Å². The number of likely N-dealkylation sites (tertiary alicyclic amines) is 1. The SMILES string of the molecule is CC(c1ccc(O)cc1)N1CC2CCC(C1)O2. The third kappa shape index (κ3) is 2.17. The van der Waals surface area contributed by atoms with Crippen molar-refractivity contribution in [2.45, 2.75) is 38.0 Å². The van der Waals surface area contributed by atoms with Crippen LogP contribution in [0.25, 0.3) is 0 Å². The minimum Gasteiger partial charge on any atom is -0.508 e. The van der Waals surface area contributed by atoms with Gasteiger partial charge in [0, 0.05) is 19.1 Å². The number of aromatic hydroxyl groups is 1. The Morgan fingerprint density at radius 3 is 2.35 bits per heavy atom. The van der Waals surface area contributed by atoms with Gasteiger partial charge in [0.15, 0.2) is 0 Å². The quantitative estimate of drug-likeness (QED) is 0.851. The maximum atomic E-state index is 9.31. The molecule has 0 aromatic heterocycles. The maximum Gasteiger partial charge on any atom is 0.115 e. The van der Waals surface area contributed by atoms with Crippen LogP contribution in [-0.4, -0.2) is 35.3 Å². The predicted molar refractivity (Wildman–Crippen MR) is 66.0 cm³/mol. The van der Waals surface area contributed by atoms with Crippen LogP contribution in [0.5, 0.6) is 5.75 Å². The summed E-state index contributed by atoms with van der Waals surface area (Å²) in [6.45, 7) is 4.31. The van der Waals surface area contributed by atoms with E-state index in [4.69, 9.17) is 4.74 Å². The summed E-state index contributed by atoms with van der Waals surface area (Å²) in [5.74, 6) is 0.336. The Kier molecular flexibility index (Phi) is 2.81. The first-order chi connectivity index (χ1) is 8.22. The third-order valence-electron chi connectivity index (χ3n) is 4.00. The summed E-state index contributed by atoms with van der Waals surface area (Å²) < 4.78 is 5.85. The smallest absolute Gasteiger partial charge is 0.115 e. The number of hydrogen-bond donors (Lipinski definition) is 1. The second kappa shape index (κ2) is 4.31. The number of phenolic OH excluding ortho intramolecular Hbond substituents is 1. The minimum atomic E-state index is 0.336. The Balaban J connectivity index is 1.73. The summed E-state index contributed by atoms with van der Waals surface area (Å²) in [6, 6.07) is 7.96. The van der Waals surface area contributed by atoms with Gasteiger partial charge in [0.05, 0.1) is 12.2 Å². The number of rotatable bonds is 2. The number of fused-ring (bicyclic) bond motifs is 2. The fraction of sp³-hybridized carbons (Fsp3) is 0.571. The van der Waals surface area contributed by atoms with Crippen LogP contribution < -0.4 is 0 Å². The van der Waals surface area contributed by atoms with Gasteiger partial charge in [0.1, 0.15) is 5.75 Å². The number of ether oxygens (including phenoxy) is 1. The van der Waals surface area contributed by atoms with Crippen molar-refractivity contribution >= 4 is 0 Å². The van der Waals surface area contributed by atoms with Gasteiger partial charge in [0.25, 0.3) is 0 Å². The number of phenols is 1. The average Bonchev–Trinajstić information content (AvgIpc) is 2.68. The largest absolute Gasteiger partial charge is 0.508 e. The lowest BCUT2D eigenvalue weighted by Gasteiger charge is -2.36. The molecule has 3 nitrogen and oxygen atoms in total. The van der Waals surface area contributed by atoms with E-state index in [1.807, 2.05) is 12.1 Å². The molecular formula is C14H19NO2. The first kappa shape index (κ1) is 11.1. The van der Waals surface area contributed by atoms with Crippen LogP contribution in [0.1, 0.15) is 31.4 Å². The highest BCUT2D eigenvalue weighted by molar-refractivity contribution is 5.27. The van der Waals surface area contributed by atoms with Gasteiger partial charge >= 0.3 is 0 Å². The molecule has 0 spiro atoms. The second-order valence-corrected chi connectivity index (χ2v) is 5.18. The summed E-state index contributed by atoms with van der Waals surface area (Å²) >= 11 is 0. The molecule has 0 aliphatic carbocycles. The molecule has 1 N–H and O–H groups in total. The molecule has 2 bridgehead atoms. The summed E-state index contributed by atoms with van der Waals surface area (Å²) in [6.07, 6.45) is 3.30. The van der Waals surface area contributed by atoms with Crippen LogP contribution in [0.2, 0.25) is 0 Å². The van der Waals surface area contributed by atoms with Crippen molar-refractivity contribution in [2.75, 3.05) is 13.1 Å². The molecule has 3 atom stereocenters. The summed E-state index contributed by atoms with van der Waals surface area (Å²) in [5, 5.41) is 9.31. The number of hydrogen-bond acceptors (Lipinski definition) is 3. The third-order valence-corrected chi connectivity index (χ3v) is 4.00. The fourth-order valence-electron chi connectivity index (χ4n) is 2.93. The van der Waals surface area contributed by atoms with Crippen LogP contribution in [0.3, 0.4) is 0 Å². The van der Waals surface area contributed by atoms with Crippen LogP contribution in [0, 0.1) is 0 Å². The van der Waals surface area contributed by atoms with E-state index < -0.39 is 0 Å². The van der Waals surface area contributed by atoms with Gasteiger partial charge < -0.3 is 9.84 Å². The lowest BCUT2D eigenvalue weighted by Crippen LogP contribution is -2.43. The van der Waals surface area contributed by atoms with Gasteiger partial charge in [-0.3, -0.25) is 4.90 Å². The van der Waals surface area contributed by atoms with Gasteiger partial charge in [0.2, 0.25) is 0 Å². The summed E-state index contributed by atoms with van der Waals surface area (Å²) in [7, 11) is 0. The predicted octanol–water partition coefficient (Wildman–Crippen LogP) is 2.32. The molecule has 1 aromatic rings. The molecule has 0 amide bonds. The van der Waals surface area contributed by atoms with E-state index in [0.29, 0.717) is 24.0 Å². The zero-order chi connectivity index (χ0) is 11.8. The molecule has 17 heavy (non-hydrogen) atoms. The highest BCUT2D eigenvalue weighted by Gasteiger charge is 2.35. The molecule has 3 heteroatoms. The monoisotopic (exact) mass is 233 g/mol. The maximum absolute atomic E-state index is 9.31. The number of morpholine rings is 1. The standard InChI is InChI=1S/C14H19NO2/c1-10(11-2-4-12(16)5-3-11)15-8-13-6-7-14(9-15)17-13/h2-5,10,13-14,16H,6-9H2,1H3. The van der Waals surface area contributed by atoms with Crippen molar-refractivity contribution in [1.29, 1.82) is 0 Å². The van der Waals surface area contributed by atoms with Gasteiger partial charge in [-0.25, -0.2) is 0 Å². The van der Waals surface area contributed by atoms with Crippen molar-refractivity contribution in [3.8, 4) is 5.75 Å². The van der Waals surface area contributed by atoms with Crippen molar-refractivity contribution in [3.63, 3.8) is 0 Å². The summed E-state index contributed by atoms with van der Waals surface area (Å²) in [5.41, 5.74) is 1.27. The van der Waals surface area contributed by atoms with Crippen LogP contribution >= 0.6 is 0 Å². The lowest BCUT2D eigenvalue weighted by atomic mass is 10.1. The van der Waals surface area contributed by atoms with E-state index in [-0.39, 0.29) is 0 Å². The van der Waals surface area contributed by atoms with Gasteiger partial charge in [-0.2, -0.15) is 0 Å². The minimum absolute atomic E-state index is 0.336. The molecule has 2 aliphatic rings. The molecule has 0 radical (unpaired) electrons. The van der Waals surface area contributed by atoms with E-state index in [2.05, 4.69) is 11.8 Å². The van der Waals surface area contributed by atoms with Crippen molar-refractivity contribution in [3.05, 3.63) is 29.8 Å². The summed E-state index contributed by atoms with van der Waals surface area (Å²) in [4.78, 5) is 2.50.